The molecular formula is C16H10N2O. The van der Waals surface area contributed by atoms with Crippen molar-refractivity contribution in [1.29, 1.82) is 0 Å². The lowest BCUT2D eigenvalue weighted by molar-refractivity contribution is 0.619. The maximum Gasteiger partial charge on any atom is 0.246 e. The van der Waals surface area contributed by atoms with Crippen LogP contribution in [0.4, 0.5) is 0 Å². The molecule has 0 saturated heterocycles. The van der Waals surface area contributed by atoms with Crippen LogP contribution in [0.2, 0.25) is 0 Å². The smallest absolute Gasteiger partial charge is 0.246 e. The van der Waals surface area contributed by atoms with Crippen LogP contribution in [0, 0.1) is 0 Å². The molecule has 19 heavy (non-hydrogen) atoms. The van der Waals surface area contributed by atoms with Gasteiger partial charge in [0.1, 0.15) is 11.3 Å². The van der Waals surface area contributed by atoms with Gasteiger partial charge in [0.25, 0.3) is 0 Å². The van der Waals surface area contributed by atoms with Crippen molar-refractivity contribution in [3.05, 3.63) is 60.7 Å². The molecule has 3 heteroatoms. The van der Waals surface area contributed by atoms with Crippen molar-refractivity contribution in [3.63, 3.8) is 0 Å². The molecule has 0 fully saturated rings. The number of nitrogens with zero attached hydrogens (tertiary/aromatic N) is 2. The van der Waals surface area contributed by atoms with E-state index in [4.69, 9.17) is 4.42 Å². The second-order valence-corrected chi connectivity index (χ2v) is 4.38. The van der Waals surface area contributed by atoms with Gasteiger partial charge in [-0.3, -0.25) is 0 Å². The van der Waals surface area contributed by atoms with Crippen LogP contribution in [0.3, 0.4) is 0 Å². The van der Waals surface area contributed by atoms with Crippen LogP contribution in [-0.2, 0) is 0 Å². The first-order chi connectivity index (χ1) is 9.40. The molecule has 0 radical (unpaired) electrons. The fourth-order valence-corrected chi connectivity index (χ4v) is 2.17. The summed E-state index contributed by atoms with van der Waals surface area (Å²) in [5.74, 6) is 0.797. The Morgan fingerprint density at radius 1 is 0.684 bits per heavy atom. The standard InChI is InChI=1S/C16H10N2O/c1-2-6-11(7-3-1)15-10-14-16(19-15)18-13-9-5-4-8-12(13)17-14/h1-10H. The Kier molecular flexibility index (Phi) is 2.12. The van der Waals surface area contributed by atoms with Gasteiger partial charge in [0.15, 0.2) is 0 Å². The van der Waals surface area contributed by atoms with Gasteiger partial charge in [0, 0.05) is 11.6 Å². The lowest BCUT2D eigenvalue weighted by atomic mass is 10.2. The molecule has 0 aliphatic rings. The number of hydrogen-bond donors (Lipinski definition) is 0. The number of rotatable bonds is 1. The summed E-state index contributed by atoms with van der Waals surface area (Å²) in [6.07, 6.45) is 0. The van der Waals surface area contributed by atoms with Gasteiger partial charge < -0.3 is 4.42 Å². The molecule has 0 aliphatic carbocycles. The molecule has 2 aromatic heterocycles. The van der Waals surface area contributed by atoms with Gasteiger partial charge in [0.2, 0.25) is 5.71 Å². The highest BCUT2D eigenvalue weighted by Crippen LogP contribution is 2.26. The van der Waals surface area contributed by atoms with Gasteiger partial charge in [-0.25, -0.2) is 9.97 Å². The number of fused-ring (bicyclic) bond motifs is 2. The number of furan rings is 1. The van der Waals surface area contributed by atoms with E-state index in [0.29, 0.717) is 5.71 Å². The molecule has 90 valence electrons. The second kappa shape index (κ2) is 3.92. The van der Waals surface area contributed by atoms with E-state index in [0.717, 1.165) is 27.9 Å². The molecule has 4 rings (SSSR count). The molecule has 0 unspecified atom stereocenters. The number of benzene rings is 2. The van der Waals surface area contributed by atoms with Crippen molar-refractivity contribution in [1.82, 2.24) is 9.97 Å². The molecule has 0 bridgehead atoms. The average Bonchev–Trinajstić information content (AvgIpc) is 2.88. The normalized spacial score (nSPS) is 11.2. The fourth-order valence-electron chi connectivity index (χ4n) is 2.17. The molecule has 0 atom stereocenters. The van der Waals surface area contributed by atoms with Crippen molar-refractivity contribution in [2.45, 2.75) is 0 Å². The zero-order chi connectivity index (χ0) is 12.7. The lowest BCUT2D eigenvalue weighted by Crippen LogP contribution is -1.82. The van der Waals surface area contributed by atoms with Crippen LogP contribution in [0.5, 0.6) is 0 Å². The van der Waals surface area contributed by atoms with Crippen LogP contribution in [-0.4, -0.2) is 9.97 Å². The summed E-state index contributed by atoms with van der Waals surface area (Å²) in [4.78, 5) is 9.06. The summed E-state index contributed by atoms with van der Waals surface area (Å²) in [6, 6.07) is 19.7. The Morgan fingerprint density at radius 2 is 1.37 bits per heavy atom. The van der Waals surface area contributed by atoms with E-state index in [-0.39, 0.29) is 0 Å². The quantitative estimate of drug-likeness (QED) is 0.508. The van der Waals surface area contributed by atoms with Gasteiger partial charge in [-0.15, -0.1) is 0 Å². The van der Waals surface area contributed by atoms with Crippen LogP contribution in [0.1, 0.15) is 0 Å². The summed E-state index contributed by atoms with van der Waals surface area (Å²) in [5, 5.41) is 0. The topological polar surface area (TPSA) is 38.9 Å². The Labute approximate surface area is 109 Å². The molecule has 0 N–H and O–H groups in total. The molecule has 4 aromatic rings. The average molecular weight is 246 g/mol. The van der Waals surface area contributed by atoms with Gasteiger partial charge in [-0.1, -0.05) is 42.5 Å². The Hall–Kier alpha value is -2.68. The first-order valence-corrected chi connectivity index (χ1v) is 6.12. The van der Waals surface area contributed by atoms with E-state index in [1.54, 1.807) is 0 Å². The zero-order valence-electron chi connectivity index (χ0n) is 10.1. The summed E-state index contributed by atoms with van der Waals surface area (Å²) < 4.78 is 5.79. The van der Waals surface area contributed by atoms with Crippen LogP contribution >= 0.6 is 0 Å². The Bertz CT molecular complexity index is 813. The number of aromatic nitrogens is 2. The van der Waals surface area contributed by atoms with Crippen molar-refractivity contribution in [2.24, 2.45) is 0 Å². The minimum absolute atomic E-state index is 0.581. The van der Waals surface area contributed by atoms with E-state index >= 15 is 0 Å². The van der Waals surface area contributed by atoms with Crippen LogP contribution in [0.25, 0.3) is 33.6 Å². The molecule has 2 heterocycles. The summed E-state index contributed by atoms with van der Waals surface area (Å²) in [5.41, 5.74) is 4.14. The maximum atomic E-state index is 5.79. The fraction of sp³-hybridized carbons (Fsp3) is 0. The summed E-state index contributed by atoms with van der Waals surface area (Å²) in [7, 11) is 0. The predicted octanol–water partition coefficient (Wildman–Crippen LogP) is 4.04. The van der Waals surface area contributed by atoms with Crippen molar-refractivity contribution >= 4 is 22.3 Å². The van der Waals surface area contributed by atoms with E-state index in [9.17, 15) is 0 Å². The van der Waals surface area contributed by atoms with E-state index in [2.05, 4.69) is 9.97 Å². The summed E-state index contributed by atoms with van der Waals surface area (Å²) >= 11 is 0. The lowest BCUT2D eigenvalue weighted by Gasteiger charge is -1.94. The molecular weight excluding hydrogens is 236 g/mol. The minimum Gasteiger partial charge on any atom is -0.436 e. The monoisotopic (exact) mass is 246 g/mol. The third-order valence-corrected chi connectivity index (χ3v) is 3.10. The highest BCUT2D eigenvalue weighted by atomic mass is 16.3. The summed E-state index contributed by atoms with van der Waals surface area (Å²) in [6.45, 7) is 0. The Morgan fingerprint density at radius 3 is 2.16 bits per heavy atom. The maximum absolute atomic E-state index is 5.79. The van der Waals surface area contributed by atoms with Gasteiger partial charge in [0.05, 0.1) is 11.0 Å². The van der Waals surface area contributed by atoms with E-state index in [1.807, 2.05) is 60.7 Å². The second-order valence-electron chi connectivity index (χ2n) is 4.38. The first kappa shape index (κ1) is 10.3. The van der Waals surface area contributed by atoms with E-state index < -0.39 is 0 Å². The third kappa shape index (κ3) is 1.67. The van der Waals surface area contributed by atoms with Crippen molar-refractivity contribution in [3.8, 4) is 11.3 Å². The van der Waals surface area contributed by atoms with Crippen molar-refractivity contribution < 1.29 is 4.42 Å². The largest absolute Gasteiger partial charge is 0.436 e. The first-order valence-electron chi connectivity index (χ1n) is 6.12. The molecule has 0 saturated carbocycles. The molecule has 0 spiro atoms. The predicted molar refractivity (Wildman–Crippen MR) is 74.7 cm³/mol. The molecule has 2 aromatic carbocycles. The van der Waals surface area contributed by atoms with Crippen molar-refractivity contribution in [2.75, 3.05) is 0 Å². The third-order valence-electron chi connectivity index (χ3n) is 3.10. The SMILES string of the molecule is c1ccc(-c2cc3nc4ccccc4nc3o2)cc1. The molecule has 0 amide bonds. The van der Waals surface area contributed by atoms with Gasteiger partial charge in [-0.2, -0.15) is 0 Å². The van der Waals surface area contributed by atoms with Gasteiger partial charge >= 0.3 is 0 Å². The number of para-hydroxylation sites is 2. The number of hydrogen-bond acceptors (Lipinski definition) is 3. The van der Waals surface area contributed by atoms with E-state index in [1.165, 1.54) is 0 Å². The zero-order valence-corrected chi connectivity index (χ0v) is 10.1. The van der Waals surface area contributed by atoms with Crippen LogP contribution in [0.15, 0.2) is 65.1 Å². The van der Waals surface area contributed by atoms with Gasteiger partial charge in [-0.05, 0) is 12.1 Å². The molecule has 0 aliphatic heterocycles. The minimum atomic E-state index is 0.581. The Balaban J connectivity index is 1.98. The molecule has 3 nitrogen and oxygen atoms in total. The highest BCUT2D eigenvalue weighted by molar-refractivity contribution is 5.85. The van der Waals surface area contributed by atoms with Crippen LogP contribution < -0.4 is 0 Å². The highest BCUT2D eigenvalue weighted by Gasteiger charge is 2.09.